The van der Waals surface area contributed by atoms with Crippen molar-refractivity contribution in [1.29, 1.82) is 0 Å². The average Bonchev–Trinajstić information content (AvgIpc) is 2.37. The predicted octanol–water partition coefficient (Wildman–Crippen LogP) is 2.40. The second-order valence-corrected chi connectivity index (χ2v) is 6.82. The fraction of sp³-hybridized carbons (Fsp3) is 0.733. The van der Waals surface area contributed by atoms with Crippen molar-refractivity contribution < 1.29 is 0 Å². The van der Waals surface area contributed by atoms with E-state index in [1.165, 1.54) is 38.5 Å². The summed E-state index contributed by atoms with van der Waals surface area (Å²) in [4.78, 5) is 9.30. The summed E-state index contributed by atoms with van der Waals surface area (Å²) >= 11 is 0. The summed E-state index contributed by atoms with van der Waals surface area (Å²) in [5.74, 6) is 3.97. The summed E-state index contributed by atoms with van der Waals surface area (Å²) in [6.45, 7) is 0.543. The molecule has 0 amide bonds. The van der Waals surface area contributed by atoms with Crippen LogP contribution in [0.4, 0.5) is 0 Å². The molecule has 4 fully saturated rings. The highest BCUT2D eigenvalue weighted by molar-refractivity contribution is 5.18. The van der Waals surface area contributed by atoms with Gasteiger partial charge in [-0.25, -0.2) is 9.97 Å². The van der Waals surface area contributed by atoms with Crippen LogP contribution in [0.15, 0.2) is 12.4 Å². The maximum atomic E-state index is 5.63. The minimum absolute atomic E-state index is 0.321. The van der Waals surface area contributed by atoms with Gasteiger partial charge in [-0.15, -0.1) is 0 Å². The quantitative estimate of drug-likeness (QED) is 0.867. The van der Waals surface area contributed by atoms with Gasteiger partial charge in [0, 0.05) is 29.9 Å². The van der Waals surface area contributed by atoms with E-state index in [1.54, 1.807) is 0 Å². The first-order valence-corrected chi connectivity index (χ1v) is 7.29. The highest BCUT2D eigenvalue weighted by Gasteiger charge is 2.52. The van der Waals surface area contributed by atoms with E-state index in [-0.39, 0.29) is 0 Å². The van der Waals surface area contributed by atoms with E-state index in [2.05, 4.69) is 9.97 Å². The lowest BCUT2D eigenvalue weighted by atomic mass is 9.49. The number of nitrogens with zero attached hydrogens (tertiary/aromatic N) is 2. The van der Waals surface area contributed by atoms with E-state index >= 15 is 0 Å². The molecule has 0 radical (unpaired) electrons. The maximum absolute atomic E-state index is 5.63. The molecular weight excluding hydrogens is 222 g/mol. The van der Waals surface area contributed by atoms with Crippen LogP contribution in [0.1, 0.15) is 49.9 Å². The average molecular weight is 243 g/mol. The topological polar surface area (TPSA) is 51.8 Å². The molecule has 18 heavy (non-hydrogen) atoms. The number of hydrogen-bond donors (Lipinski definition) is 1. The molecule has 3 heteroatoms. The molecule has 1 heterocycles. The van der Waals surface area contributed by atoms with Crippen LogP contribution < -0.4 is 5.73 Å². The van der Waals surface area contributed by atoms with Crippen LogP contribution in [0.5, 0.6) is 0 Å². The lowest BCUT2D eigenvalue weighted by Crippen LogP contribution is -2.49. The Balaban J connectivity index is 1.70. The zero-order valence-corrected chi connectivity index (χ0v) is 10.8. The standard InChI is InChI=1S/C15H21N3/c16-7-13-8-17-14(18-9-13)15-4-10-1-11(5-15)3-12(2-10)6-15/h8-12H,1-7,16H2. The Morgan fingerprint density at radius 1 is 1.00 bits per heavy atom. The van der Waals surface area contributed by atoms with Crippen LogP contribution in [-0.4, -0.2) is 9.97 Å². The fourth-order valence-corrected chi connectivity index (χ4v) is 5.12. The molecule has 1 aromatic rings. The molecule has 0 spiro atoms. The second kappa shape index (κ2) is 3.77. The van der Waals surface area contributed by atoms with Gasteiger partial charge in [-0.3, -0.25) is 0 Å². The van der Waals surface area contributed by atoms with E-state index in [0.717, 1.165) is 29.1 Å². The SMILES string of the molecule is NCc1cnc(C23CC4CC(CC(C4)C2)C3)nc1. The van der Waals surface area contributed by atoms with E-state index < -0.39 is 0 Å². The normalized spacial score (nSPS) is 41.3. The summed E-state index contributed by atoms with van der Waals surface area (Å²) in [5, 5.41) is 0. The molecule has 0 atom stereocenters. The van der Waals surface area contributed by atoms with Gasteiger partial charge in [0.1, 0.15) is 5.82 Å². The molecule has 4 saturated carbocycles. The fourth-order valence-electron chi connectivity index (χ4n) is 5.12. The Kier molecular flexibility index (Phi) is 2.28. The van der Waals surface area contributed by atoms with Crippen molar-refractivity contribution in [3.05, 3.63) is 23.8 Å². The van der Waals surface area contributed by atoms with Crippen molar-refractivity contribution in [3.63, 3.8) is 0 Å². The van der Waals surface area contributed by atoms with Gasteiger partial charge < -0.3 is 5.73 Å². The van der Waals surface area contributed by atoms with Crippen molar-refractivity contribution in [3.8, 4) is 0 Å². The van der Waals surface area contributed by atoms with E-state index in [9.17, 15) is 0 Å². The number of aromatic nitrogens is 2. The first kappa shape index (κ1) is 10.9. The van der Waals surface area contributed by atoms with E-state index in [0.29, 0.717) is 12.0 Å². The van der Waals surface area contributed by atoms with Gasteiger partial charge in [-0.2, -0.15) is 0 Å². The summed E-state index contributed by atoms with van der Waals surface area (Å²) in [5.41, 5.74) is 6.99. The summed E-state index contributed by atoms with van der Waals surface area (Å²) in [7, 11) is 0. The molecule has 0 aromatic carbocycles. The molecule has 4 bridgehead atoms. The Bertz CT molecular complexity index is 416. The number of hydrogen-bond acceptors (Lipinski definition) is 3. The third-order valence-corrected chi connectivity index (χ3v) is 5.45. The monoisotopic (exact) mass is 243 g/mol. The highest BCUT2D eigenvalue weighted by Crippen LogP contribution is 2.59. The largest absolute Gasteiger partial charge is 0.326 e. The van der Waals surface area contributed by atoms with E-state index in [1.807, 2.05) is 12.4 Å². The van der Waals surface area contributed by atoms with Gasteiger partial charge >= 0.3 is 0 Å². The molecule has 0 unspecified atom stereocenters. The van der Waals surface area contributed by atoms with Gasteiger partial charge in [0.2, 0.25) is 0 Å². The zero-order chi connectivity index (χ0) is 12.2. The smallest absolute Gasteiger partial charge is 0.134 e. The van der Waals surface area contributed by atoms with Gasteiger partial charge in [0.25, 0.3) is 0 Å². The third kappa shape index (κ3) is 1.53. The lowest BCUT2D eigenvalue weighted by molar-refractivity contribution is -0.00942. The highest BCUT2D eigenvalue weighted by atomic mass is 14.9. The van der Waals surface area contributed by atoms with Crippen LogP contribution in [0.25, 0.3) is 0 Å². The molecular formula is C15H21N3. The summed E-state index contributed by atoms with van der Waals surface area (Å²) < 4.78 is 0. The first-order valence-electron chi connectivity index (χ1n) is 7.29. The molecule has 1 aromatic heterocycles. The minimum atomic E-state index is 0.321. The lowest BCUT2D eigenvalue weighted by Gasteiger charge is -2.55. The molecule has 4 aliphatic rings. The Morgan fingerprint density at radius 2 is 1.50 bits per heavy atom. The number of nitrogens with two attached hydrogens (primary N) is 1. The zero-order valence-electron chi connectivity index (χ0n) is 10.8. The van der Waals surface area contributed by atoms with Gasteiger partial charge in [0.15, 0.2) is 0 Å². The molecule has 0 saturated heterocycles. The van der Waals surface area contributed by atoms with Crippen molar-refractivity contribution in [2.75, 3.05) is 0 Å². The second-order valence-electron chi connectivity index (χ2n) is 6.82. The van der Waals surface area contributed by atoms with Crippen LogP contribution in [-0.2, 0) is 12.0 Å². The molecule has 2 N–H and O–H groups in total. The van der Waals surface area contributed by atoms with Gasteiger partial charge in [-0.1, -0.05) is 0 Å². The minimum Gasteiger partial charge on any atom is -0.326 e. The maximum Gasteiger partial charge on any atom is 0.134 e. The summed E-state index contributed by atoms with van der Waals surface area (Å²) in [6, 6.07) is 0. The predicted molar refractivity (Wildman–Crippen MR) is 69.8 cm³/mol. The van der Waals surface area contributed by atoms with Crippen molar-refractivity contribution in [1.82, 2.24) is 9.97 Å². The van der Waals surface area contributed by atoms with E-state index in [4.69, 9.17) is 5.73 Å². The molecule has 3 nitrogen and oxygen atoms in total. The van der Waals surface area contributed by atoms with Crippen LogP contribution >= 0.6 is 0 Å². The Morgan fingerprint density at radius 3 is 1.94 bits per heavy atom. The van der Waals surface area contributed by atoms with Gasteiger partial charge in [0.05, 0.1) is 0 Å². The molecule has 0 aliphatic heterocycles. The van der Waals surface area contributed by atoms with Crippen molar-refractivity contribution in [2.45, 2.75) is 50.5 Å². The first-order chi connectivity index (χ1) is 8.77. The van der Waals surface area contributed by atoms with Crippen molar-refractivity contribution >= 4 is 0 Å². The number of rotatable bonds is 2. The Hall–Kier alpha value is -0.960. The third-order valence-electron chi connectivity index (χ3n) is 5.45. The van der Waals surface area contributed by atoms with Crippen LogP contribution in [0, 0.1) is 17.8 Å². The van der Waals surface area contributed by atoms with Crippen LogP contribution in [0.3, 0.4) is 0 Å². The molecule has 4 aliphatic carbocycles. The summed E-state index contributed by atoms with van der Waals surface area (Å²) in [6.07, 6.45) is 12.3. The van der Waals surface area contributed by atoms with Crippen LogP contribution in [0.2, 0.25) is 0 Å². The molecule has 5 rings (SSSR count). The van der Waals surface area contributed by atoms with Gasteiger partial charge in [-0.05, 0) is 56.3 Å². The van der Waals surface area contributed by atoms with Crippen molar-refractivity contribution in [2.24, 2.45) is 23.5 Å². The molecule has 96 valence electrons. The Labute approximate surface area is 108 Å².